The molecular weight excluding hydrogens is 144 g/mol. The number of allylic oxidation sites excluding steroid dienone is 2. The summed E-state index contributed by atoms with van der Waals surface area (Å²) >= 11 is 0. The maximum absolute atomic E-state index is 4.04. The predicted octanol–water partition coefficient (Wildman–Crippen LogP) is 4.09. The Morgan fingerprint density at radius 1 is 1.42 bits per heavy atom. The fourth-order valence-electron chi connectivity index (χ4n) is 2.16. The van der Waals surface area contributed by atoms with Gasteiger partial charge in [-0.1, -0.05) is 31.6 Å². The minimum atomic E-state index is 0.454. The van der Waals surface area contributed by atoms with Gasteiger partial charge in [0.2, 0.25) is 0 Å². The van der Waals surface area contributed by atoms with Gasteiger partial charge in [-0.3, -0.25) is 0 Å². The molecule has 0 heteroatoms. The van der Waals surface area contributed by atoms with Crippen LogP contribution in [-0.4, -0.2) is 0 Å². The number of hydrogen-bond donors (Lipinski definition) is 0. The fraction of sp³-hybridized carbons (Fsp3) is 0.667. The van der Waals surface area contributed by atoms with Crippen molar-refractivity contribution in [3.05, 3.63) is 24.8 Å². The van der Waals surface area contributed by atoms with E-state index in [4.69, 9.17) is 0 Å². The van der Waals surface area contributed by atoms with Crippen molar-refractivity contribution in [3.8, 4) is 0 Å². The van der Waals surface area contributed by atoms with Crippen LogP contribution in [0.1, 0.15) is 45.4 Å². The molecule has 0 bridgehead atoms. The SMILES string of the molecule is C=CC1(CCC)CCC(=C)CC1. The zero-order valence-corrected chi connectivity index (χ0v) is 8.23. The highest BCUT2D eigenvalue weighted by Crippen LogP contribution is 2.42. The summed E-state index contributed by atoms with van der Waals surface area (Å²) in [5.41, 5.74) is 1.89. The summed E-state index contributed by atoms with van der Waals surface area (Å²) in [5, 5.41) is 0. The quantitative estimate of drug-likeness (QED) is 0.551. The molecule has 0 radical (unpaired) electrons. The van der Waals surface area contributed by atoms with Crippen molar-refractivity contribution in [1.82, 2.24) is 0 Å². The lowest BCUT2D eigenvalue weighted by Crippen LogP contribution is -2.21. The summed E-state index contributed by atoms with van der Waals surface area (Å²) < 4.78 is 0. The molecule has 0 aromatic rings. The summed E-state index contributed by atoms with van der Waals surface area (Å²) in [5.74, 6) is 0. The summed E-state index contributed by atoms with van der Waals surface area (Å²) in [6.45, 7) is 10.3. The molecule has 1 fully saturated rings. The van der Waals surface area contributed by atoms with Gasteiger partial charge in [-0.2, -0.15) is 0 Å². The lowest BCUT2D eigenvalue weighted by Gasteiger charge is -2.35. The Labute approximate surface area is 76.4 Å². The van der Waals surface area contributed by atoms with Crippen molar-refractivity contribution in [2.75, 3.05) is 0 Å². The van der Waals surface area contributed by atoms with E-state index in [0.29, 0.717) is 5.41 Å². The van der Waals surface area contributed by atoms with Gasteiger partial charge in [-0.05, 0) is 37.5 Å². The number of hydrogen-bond acceptors (Lipinski definition) is 0. The normalized spacial score (nSPS) is 22.2. The van der Waals surface area contributed by atoms with Crippen LogP contribution in [-0.2, 0) is 0 Å². The average Bonchev–Trinajstić information content (AvgIpc) is 2.10. The highest BCUT2D eigenvalue weighted by Gasteiger charge is 2.28. The maximum Gasteiger partial charge on any atom is -0.0115 e. The molecule has 0 saturated heterocycles. The van der Waals surface area contributed by atoms with Crippen molar-refractivity contribution in [2.45, 2.75) is 45.4 Å². The largest absolute Gasteiger partial charge is 0.103 e. The standard InChI is InChI=1S/C12H20/c1-4-8-12(5-2)9-6-11(3)7-10-12/h5H,2-4,6-10H2,1H3. The summed E-state index contributed by atoms with van der Waals surface area (Å²) in [6, 6.07) is 0. The molecule has 0 N–H and O–H groups in total. The monoisotopic (exact) mass is 164 g/mol. The van der Waals surface area contributed by atoms with Gasteiger partial charge in [0.25, 0.3) is 0 Å². The van der Waals surface area contributed by atoms with E-state index in [0.717, 1.165) is 0 Å². The first-order chi connectivity index (χ1) is 5.72. The minimum Gasteiger partial charge on any atom is -0.103 e. The molecule has 0 aromatic heterocycles. The van der Waals surface area contributed by atoms with Crippen LogP contribution in [0.15, 0.2) is 24.8 Å². The van der Waals surface area contributed by atoms with Gasteiger partial charge in [-0.25, -0.2) is 0 Å². The third-order valence-electron chi connectivity index (χ3n) is 3.13. The fourth-order valence-corrected chi connectivity index (χ4v) is 2.16. The molecule has 1 aliphatic carbocycles. The molecule has 0 amide bonds. The molecule has 0 unspecified atom stereocenters. The van der Waals surface area contributed by atoms with Crippen LogP contribution in [0.4, 0.5) is 0 Å². The van der Waals surface area contributed by atoms with Crippen molar-refractivity contribution < 1.29 is 0 Å². The molecule has 0 aliphatic heterocycles. The molecule has 12 heavy (non-hydrogen) atoms. The highest BCUT2D eigenvalue weighted by molar-refractivity contribution is 5.07. The van der Waals surface area contributed by atoms with E-state index in [1.165, 1.54) is 44.1 Å². The zero-order chi connectivity index (χ0) is 9.03. The highest BCUT2D eigenvalue weighted by atomic mass is 14.3. The second kappa shape index (κ2) is 3.93. The van der Waals surface area contributed by atoms with Crippen LogP contribution < -0.4 is 0 Å². The molecule has 0 heterocycles. The second-order valence-corrected chi connectivity index (χ2v) is 4.07. The molecule has 0 aromatic carbocycles. The Balaban J connectivity index is 2.56. The molecule has 0 atom stereocenters. The van der Waals surface area contributed by atoms with E-state index in [1.807, 2.05) is 0 Å². The summed E-state index contributed by atoms with van der Waals surface area (Å²) in [7, 11) is 0. The molecule has 1 aliphatic rings. The maximum atomic E-state index is 4.04. The molecular formula is C12H20. The van der Waals surface area contributed by atoms with Crippen LogP contribution >= 0.6 is 0 Å². The van der Waals surface area contributed by atoms with E-state index in [1.54, 1.807) is 0 Å². The Morgan fingerprint density at radius 2 is 2.00 bits per heavy atom. The van der Waals surface area contributed by atoms with Crippen LogP contribution in [0.5, 0.6) is 0 Å². The molecule has 1 rings (SSSR count). The van der Waals surface area contributed by atoms with Gasteiger partial charge in [0.05, 0.1) is 0 Å². The van der Waals surface area contributed by atoms with Crippen LogP contribution in [0.25, 0.3) is 0 Å². The smallest absolute Gasteiger partial charge is 0.0115 e. The van der Waals surface area contributed by atoms with Gasteiger partial charge in [0.1, 0.15) is 0 Å². The van der Waals surface area contributed by atoms with Crippen molar-refractivity contribution in [1.29, 1.82) is 0 Å². The minimum absolute atomic E-state index is 0.454. The summed E-state index contributed by atoms with van der Waals surface area (Å²) in [6.07, 6.45) is 9.76. The van der Waals surface area contributed by atoms with E-state index in [9.17, 15) is 0 Å². The van der Waals surface area contributed by atoms with Gasteiger partial charge in [0.15, 0.2) is 0 Å². The number of rotatable bonds is 3. The van der Waals surface area contributed by atoms with E-state index >= 15 is 0 Å². The van der Waals surface area contributed by atoms with Gasteiger partial charge in [-0.15, -0.1) is 6.58 Å². The van der Waals surface area contributed by atoms with E-state index in [2.05, 4.69) is 26.2 Å². The molecule has 0 nitrogen and oxygen atoms in total. The van der Waals surface area contributed by atoms with Crippen LogP contribution in [0.2, 0.25) is 0 Å². The van der Waals surface area contributed by atoms with Crippen molar-refractivity contribution in [3.63, 3.8) is 0 Å². The Bertz CT molecular complexity index is 166. The zero-order valence-electron chi connectivity index (χ0n) is 8.23. The van der Waals surface area contributed by atoms with Crippen molar-refractivity contribution in [2.24, 2.45) is 5.41 Å². The Kier molecular flexibility index (Phi) is 3.13. The molecule has 0 spiro atoms. The Hall–Kier alpha value is -0.520. The van der Waals surface area contributed by atoms with Crippen LogP contribution in [0, 0.1) is 5.41 Å². The van der Waals surface area contributed by atoms with Crippen molar-refractivity contribution >= 4 is 0 Å². The third-order valence-corrected chi connectivity index (χ3v) is 3.13. The van der Waals surface area contributed by atoms with Crippen LogP contribution in [0.3, 0.4) is 0 Å². The molecule has 68 valence electrons. The third kappa shape index (κ3) is 2.00. The predicted molar refractivity (Wildman–Crippen MR) is 55.1 cm³/mol. The Morgan fingerprint density at radius 3 is 2.42 bits per heavy atom. The van der Waals surface area contributed by atoms with E-state index in [-0.39, 0.29) is 0 Å². The van der Waals surface area contributed by atoms with E-state index < -0.39 is 0 Å². The lowest BCUT2D eigenvalue weighted by molar-refractivity contribution is 0.269. The first-order valence-corrected chi connectivity index (χ1v) is 5.03. The molecule has 1 saturated carbocycles. The summed E-state index contributed by atoms with van der Waals surface area (Å²) in [4.78, 5) is 0. The lowest BCUT2D eigenvalue weighted by atomic mass is 9.70. The topological polar surface area (TPSA) is 0 Å². The second-order valence-electron chi connectivity index (χ2n) is 4.07. The first-order valence-electron chi connectivity index (χ1n) is 5.03. The first kappa shape index (κ1) is 9.57. The van der Waals surface area contributed by atoms with Gasteiger partial charge < -0.3 is 0 Å². The van der Waals surface area contributed by atoms with Gasteiger partial charge >= 0.3 is 0 Å². The van der Waals surface area contributed by atoms with Gasteiger partial charge in [0, 0.05) is 0 Å². The average molecular weight is 164 g/mol.